The van der Waals surface area contributed by atoms with Gasteiger partial charge in [0.1, 0.15) is 34.4 Å². The minimum atomic E-state index is -4.91. The van der Waals surface area contributed by atoms with Crippen LogP contribution in [0.5, 0.6) is 23.0 Å². The number of hydrogen-bond donors (Lipinski definition) is 3. The van der Waals surface area contributed by atoms with E-state index in [9.17, 15) is 32.6 Å². The molecule has 1 fully saturated rings. The highest BCUT2D eigenvalue weighted by Gasteiger charge is 2.47. The Labute approximate surface area is 234 Å². The van der Waals surface area contributed by atoms with Gasteiger partial charge in [-0.1, -0.05) is 0 Å². The van der Waals surface area contributed by atoms with Gasteiger partial charge in [-0.05, 0) is 72.8 Å². The molecule has 0 saturated carbocycles. The Morgan fingerprint density at radius 3 is 2.07 bits per heavy atom. The van der Waals surface area contributed by atoms with E-state index in [1.807, 2.05) is 0 Å². The summed E-state index contributed by atoms with van der Waals surface area (Å²) < 4.78 is 66.3. The van der Waals surface area contributed by atoms with Crippen LogP contribution in [0.2, 0.25) is 0 Å². The number of carbonyl (C=O) groups is 1. The van der Waals surface area contributed by atoms with E-state index >= 15 is 0 Å². The van der Waals surface area contributed by atoms with Crippen LogP contribution in [0.4, 0.5) is 33.7 Å². The van der Waals surface area contributed by atoms with Gasteiger partial charge in [0.15, 0.2) is 18.1 Å². The van der Waals surface area contributed by atoms with Gasteiger partial charge >= 0.3 is 12.2 Å². The van der Waals surface area contributed by atoms with E-state index in [1.54, 1.807) is 12.3 Å². The number of urea groups is 1. The number of nitrogens with zero attached hydrogens (tertiary/aromatic N) is 4. The molecular formula is C28H19F4N5O5. The molecule has 1 aliphatic heterocycles. The topological polar surface area (TPSA) is 124 Å². The van der Waals surface area contributed by atoms with Crippen LogP contribution in [-0.2, 0) is 6.18 Å². The van der Waals surface area contributed by atoms with E-state index in [1.165, 1.54) is 30.5 Å². The number of aliphatic hydroxyl groups excluding tert-OH is 2. The Kier molecular flexibility index (Phi) is 6.63. The molecule has 1 saturated heterocycles. The lowest BCUT2D eigenvalue weighted by atomic mass is 10.1. The molecule has 0 spiro atoms. The van der Waals surface area contributed by atoms with Gasteiger partial charge < -0.3 is 19.7 Å². The Balaban J connectivity index is 1.26. The SMILES string of the molecule is O=C1N(c2ccc(Oc3ccnc4[nH]ncc34)cc2)C(O)C(O)N1c1ccc(Oc2ccc(F)cc2)c(C(F)(F)F)c1. The van der Waals surface area contributed by atoms with Gasteiger partial charge in [-0.25, -0.2) is 14.2 Å². The van der Waals surface area contributed by atoms with Crippen molar-refractivity contribution < 1.29 is 42.0 Å². The Bertz CT molecular complexity index is 1760. The fourth-order valence-corrected chi connectivity index (χ4v) is 4.46. The summed E-state index contributed by atoms with van der Waals surface area (Å²) in [5.41, 5.74) is -0.916. The van der Waals surface area contributed by atoms with Gasteiger partial charge in [-0.2, -0.15) is 18.3 Å². The van der Waals surface area contributed by atoms with Gasteiger partial charge in [0.2, 0.25) is 0 Å². The maximum Gasteiger partial charge on any atom is 0.420 e. The Morgan fingerprint density at radius 2 is 1.40 bits per heavy atom. The summed E-state index contributed by atoms with van der Waals surface area (Å²) in [5.74, 6) is -0.400. The van der Waals surface area contributed by atoms with Crippen molar-refractivity contribution >= 4 is 28.4 Å². The van der Waals surface area contributed by atoms with Crippen LogP contribution in [0.3, 0.4) is 0 Å². The molecular weight excluding hydrogens is 562 g/mol. The predicted octanol–water partition coefficient (Wildman–Crippen LogP) is 5.78. The fourth-order valence-electron chi connectivity index (χ4n) is 4.46. The second-order valence-corrected chi connectivity index (χ2v) is 9.12. The molecule has 10 nitrogen and oxygen atoms in total. The maximum absolute atomic E-state index is 14.0. The van der Waals surface area contributed by atoms with Crippen LogP contribution in [0.1, 0.15) is 5.56 Å². The van der Waals surface area contributed by atoms with Crippen molar-refractivity contribution in [2.24, 2.45) is 0 Å². The van der Waals surface area contributed by atoms with Crippen LogP contribution in [0.25, 0.3) is 11.0 Å². The number of hydrogen-bond acceptors (Lipinski definition) is 7. The summed E-state index contributed by atoms with van der Waals surface area (Å²) in [4.78, 5) is 18.9. The van der Waals surface area contributed by atoms with E-state index in [0.29, 0.717) is 33.5 Å². The first-order valence-electron chi connectivity index (χ1n) is 12.3. The lowest BCUT2D eigenvalue weighted by Crippen LogP contribution is -2.37. The number of aromatic nitrogens is 3. The minimum absolute atomic E-state index is 0.0425. The van der Waals surface area contributed by atoms with Gasteiger partial charge in [0, 0.05) is 17.6 Å². The van der Waals surface area contributed by atoms with E-state index in [2.05, 4.69) is 15.2 Å². The van der Waals surface area contributed by atoms with E-state index in [-0.39, 0.29) is 17.1 Å². The van der Waals surface area contributed by atoms with Crippen molar-refractivity contribution in [3.63, 3.8) is 0 Å². The fraction of sp³-hybridized carbons (Fsp3) is 0.107. The highest BCUT2D eigenvalue weighted by Crippen LogP contribution is 2.42. The molecule has 0 radical (unpaired) electrons. The van der Waals surface area contributed by atoms with Gasteiger partial charge in [0.05, 0.1) is 11.6 Å². The number of pyridine rings is 1. The van der Waals surface area contributed by atoms with Crippen molar-refractivity contribution in [2.45, 2.75) is 18.6 Å². The molecule has 3 aromatic carbocycles. The van der Waals surface area contributed by atoms with Crippen LogP contribution >= 0.6 is 0 Å². The monoisotopic (exact) mass is 581 g/mol. The molecule has 2 aromatic heterocycles. The quantitative estimate of drug-likeness (QED) is 0.217. The summed E-state index contributed by atoms with van der Waals surface area (Å²) >= 11 is 0. The average molecular weight is 581 g/mol. The number of rotatable bonds is 6. The number of fused-ring (bicyclic) bond motifs is 1. The molecule has 3 N–H and O–H groups in total. The standard InChI is InChI=1S/C28H19F4N5O5/c29-15-1-6-18(7-2-15)42-23-10-5-17(13-21(23)28(30,31)32)37-26(39)25(38)36(27(37)40)16-3-8-19(9-4-16)41-22-11-12-33-24-20(22)14-34-35-24/h1-14,25-26,38-39H,(H,33,34,35). The number of aliphatic hydroxyl groups is 2. The lowest BCUT2D eigenvalue weighted by molar-refractivity contribution is -0.138. The van der Waals surface area contributed by atoms with Crippen molar-refractivity contribution in [3.05, 3.63) is 96.6 Å². The minimum Gasteiger partial charge on any atom is -0.457 e. The van der Waals surface area contributed by atoms with Gasteiger partial charge in [-0.15, -0.1) is 0 Å². The number of alkyl halides is 3. The van der Waals surface area contributed by atoms with E-state index in [4.69, 9.17) is 9.47 Å². The van der Waals surface area contributed by atoms with E-state index < -0.39 is 41.8 Å². The number of halogens is 4. The average Bonchev–Trinajstić information content (AvgIpc) is 3.53. The maximum atomic E-state index is 14.0. The number of aromatic amines is 1. The van der Waals surface area contributed by atoms with Gasteiger partial charge in [-0.3, -0.25) is 14.9 Å². The highest BCUT2D eigenvalue weighted by atomic mass is 19.4. The molecule has 0 aliphatic carbocycles. The van der Waals surface area contributed by atoms with Crippen molar-refractivity contribution in [3.8, 4) is 23.0 Å². The van der Waals surface area contributed by atoms with E-state index in [0.717, 1.165) is 41.3 Å². The van der Waals surface area contributed by atoms with Crippen molar-refractivity contribution in [2.75, 3.05) is 9.80 Å². The van der Waals surface area contributed by atoms with Crippen LogP contribution in [0.15, 0.2) is 85.2 Å². The number of nitrogens with one attached hydrogen (secondary N) is 1. The molecule has 2 amide bonds. The highest BCUT2D eigenvalue weighted by molar-refractivity contribution is 6.07. The van der Waals surface area contributed by atoms with Crippen LogP contribution in [-0.4, -0.2) is 43.9 Å². The summed E-state index contributed by atoms with van der Waals surface area (Å²) in [6.45, 7) is 0. The molecule has 1 aliphatic rings. The summed E-state index contributed by atoms with van der Waals surface area (Å²) in [5, 5.41) is 28.7. The molecule has 14 heteroatoms. The first kappa shape index (κ1) is 27.0. The third-order valence-electron chi connectivity index (χ3n) is 6.45. The number of H-pyrrole nitrogens is 1. The zero-order valence-electron chi connectivity index (χ0n) is 21.2. The Morgan fingerprint density at radius 1 is 0.810 bits per heavy atom. The van der Waals surface area contributed by atoms with Crippen LogP contribution in [0, 0.1) is 5.82 Å². The number of carbonyl (C=O) groups excluding carboxylic acids is 1. The smallest absolute Gasteiger partial charge is 0.420 e. The largest absolute Gasteiger partial charge is 0.457 e. The first-order chi connectivity index (χ1) is 20.1. The molecule has 2 unspecified atom stereocenters. The third kappa shape index (κ3) is 4.93. The molecule has 0 bridgehead atoms. The predicted molar refractivity (Wildman–Crippen MR) is 141 cm³/mol. The number of anilines is 2. The second kappa shape index (κ2) is 10.3. The normalized spacial score (nSPS) is 17.2. The summed E-state index contributed by atoms with van der Waals surface area (Å²) in [6.07, 6.45) is -5.54. The first-order valence-corrected chi connectivity index (χ1v) is 12.3. The van der Waals surface area contributed by atoms with Crippen molar-refractivity contribution in [1.82, 2.24) is 15.2 Å². The summed E-state index contributed by atoms with van der Waals surface area (Å²) in [7, 11) is 0. The zero-order chi connectivity index (χ0) is 29.6. The molecule has 2 atom stereocenters. The number of ether oxygens (including phenoxy) is 2. The third-order valence-corrected chi connectivity index (χ3v) is 6.45. The number of benzene rings is 3. The molecule has 214 valence electrons. The van der Waals surface area contributed by atoms with Crippen LogP contribution < -0.4 is 19.3 Å². The molecule has 42 heavy (non-hydrogen) atoms. The summed E-state index contributed by atoms with van der Waals surface area (Å²) in [6, 6.07) is 13.7. The second-order valence-electron chi connectivity index (χ2n) is 9.12. The zero-order valence-corrected chi connectivity index (χ0v) is 21.2. The Hall–Kier alpha value is -5.21. The molecule has 3 heterocycles. The van der Waals surface area contributed by atoms with Crippen molar-refractivity contribution in [1.29, 1.82) is 0 Å². The lowest BCUT2D eigenvalue weighted by Gasteiger charge is -2.22. The van der Waals surface area contributed by atoms with Gasteiger partial charge in [0.25, 0.3) is 0 Å². The number of amides is 2. The molecule has 6 rings (SSSR count). The molecule has 5 aromatic rings.